The van der Waals surface area contributed by atoms with Crippen molar-refractivity contribution in [3.63, 3.8) is 0 Å². The van der Waals surface area contributed by atoms with E-state index in [1.807, 2.05) is 6.92 Å². The summed E-state index contributed by atoms with van der Waals surface area (Å²) in [6, 6.07) is 0.0845. The van der Waals surface area contributed by atoms with Gasteiger partial charge in [0.25, 0.3) is 0 Å². The van der Waals surface area contributed by atoms with Gasteiger partial charge in [-0.25, -0.2) is 0 Å². The van der Waals surface area contributed by atoms with Crippen molar-refractivity contribution in [3.8, 4) is 0 Å². The van der Waals surface area contributed by atoms with E-state index in [4.69, 9.17) is 14.2 Å². The van der Waals surface area contributed by atoms with Crippen LogP contribution >= 0.6 is 0 Å². The summed E-state index contributed by atoms with van der Waals surface area (Å²) in [5, 5.41) is 0. The fourth-order valence-corrected chi connectivity index (χ4v) is 5.15. The van der Waals surface area contributed by atoms with Gasteiger partial charge in [0.1, 0.15) is 6.61 Å². The Morgan fingerprint density at radius 2 is 1.08 bits per heavy atom. The average Bonchev–Trinajstić information content (AvgIpc) is 2.86. The zero-order valence-corrected chi connectivity index (χ0v) is 25.2. The van der Waals surface area contributed by atoms with Crippen molar-refractivity contribution in [3.05, 3.63) is 0 Å². The molecule has 0 aromatic heterocycles. The fraction of sp³-hybridized carbons (Fsp3) is 0.871. The van der Waals surface area contributed by atoms with E-state index in [1.165, 1.54) is 45.4 Å². The first kappa shape index (κ1) is 34.9. The van der Waals surface area contributed by atoms with Gasteiger partial charge in [0.15, 0.2) is 0 Å². The van der Waals surface area contributed by atoms with Crippen LogP contribution in [-0.4, -0.2) is 60.6 Å². The van der Waals surface area contributed by atoms with Gasteiger partial charge in [-0.1, -0.05) is 85.0 Å². The Bertz CT molecular complexity index is 679. The fourth-order valence-electron chi connectivity index (χ4n) is 5.15. The van der Waals surface area contributed by atoms with E-state index in [0.717, 1.165) is 51.4 Å². The molecule has 0 saturated carbocycles. The van der Waals surface area contributed by atoms with Crippen LogP contribution in [0.3, 0.4) is 0 Å². The highest BCUT2D eigenvalue weighted by Crippen LogP contribution is 2.28. The third kappa shape index (κ3) is 15.9. The summed E-state index contributed by atoms with van der Waals surface area (Å²) >= 11 is 0. The lowest BCUT2D eigenvalue weighted by Crippen LogP contribution is -2.59. The second-order valence-corrected chi connectivity index (χ2v) is 11.0. The summed E-state index contributed by atoms with van der Waals surface area (Å²) in [7, 11) is 0. The smallest absolute Gasteiger partial charge is 0.306 e. The van der Waals surface area contributed by atoms with Crippen LogP contribution in [0.5, 0.6) is 0 Å². The van der Waals surface area contributed by atoms with Crippen molar-refractivity contribution in [2.24, 2.45) is 5.92 Å². The summed E-state index contributed by atoms with van der Waals surface area (Å²) in [4.78, 5) is 51.2. The van der Waals surface area contributed by atoms with E-state index >= 15 is 0 Å². The molecule has 0 bridgehead atoms. The molecule has 8 nitrogen and oxygen atoms in total. The number of unbranched alkanes of at least 4 members (excludes halogenated alkanes) is 10. The molecule has 2 unspecified atom stereocenters. The quantitative estimate of drug-likeness (QED) is 0.0806. The van der Waals surface area contributed by atoms with E-state index in [-0.39, 0.29) is 43.9 Å². The molecular weight excluding hydrogens is 498 g/mol. The number of likely N-dealkylation sites (tertiary alicyclic amines) is 1. The number of nitrogens with zero attached hydrogens (tertiary/aromatic N) is 1. The van der Waals surface area contributed by atoms with Gasteiger partial charge in [-0.2, -0.15) is 0 Å². The summed E-state index contributed by atoms with van der Waals surface area (Å²) in [5.74, 6) is -1.85. The van der Waals surface area contributed by atoms with E-state index < -0.39 is 23.8 Å². The number of carbonyl (C=O) groups is 4. The SMILES string of the molecule is CCCCCCCCOC(=O)CC(CC(=O)OCCCCCCCC)CC(=O)OCC1CC(CC)N1C(C)=O. The topological polar surface area (TPSA) is 99.2 Å². The van der Waals surface area contributed by atoms with Crippen LogP contribution in [0.25, 0.3) is 0 Å². The van der Waals surface area contributed by atoms with Crippen LogP contribution in [0, 0.1) is 5.92 Å². The molecule has 1 fully saturated rings. The molecule has 1 heterocycles. The molecule has 226 valence electrons. The van der Waals surface area contributed by atoms with Gasteiger partial charge in [0, 0.05) is 32.2 Å². The molecule has 1 saturated heterocycles. The molecule has 0 aromatic rings. The average molecular weight is 554 g/mol. The Labute approximate surface area is 236 Å². The van der Waals surface area contributed by atoms with Crippen LogP contribution in [0.15, 0.2) is 0 Å². The highest BCUT2D eigenvalue weighted by Gasteiger charge is 2.39. The lowest BCUT2D eigenvalue weighted by Gasteiger charge is -2.47. The minimum absolute atomic E-state index is 0.0201. The third-order valence-corrected chi connectivity index (χ3v) is 7.49. The van der Waals surface area contributed by atoms with Crippen molar-refractivity contribution >= 4 is 23.8 Å². The molecule has 0 aromatic carbocycles. The Kier molecular flexibility index (Phi) is 19.4. The Morgan fingerprint density at radius 1 is 0.641 bits per heavy atom. The highest BCUT2D eigenvalue weighted by molar-refractivity contribution is 5.77. The number of rotatable bonds is 23. The second-order valence-electron chi connectivity index (χ2n) is 11.0. The van der Waals surface area contributed by atoms with Crippen LogP contribution in [-0.2, 0) is 33.4 Å². The van der Waals surface area contributed by atoms with Crippen molar-refractivity contribution in [1.29, 1.82) is 0 Å². The molecule has 1 amide bonds. The molecule has 0 aliphatic carbocycles. The lowest BCUT2D eigenvalue weighted by molar-refractivity contribution is -0.158. The maximum absolute atomic E-state index is 12.6. The minimum atomic E-state index is -0.541. The first-order chi connectivity index (χ1) is 18.8. The monoisotopic (exact) mass is 553 g/mol. The molecule has 1 aliphatic rings. The van der Waals surface area contributed by atoms with Crippen LogP contribution in [0.1, 0.15) is 137 Å². The number of carbonyl (C=O) groups excluding carboxylic acids is 4. The number of hydrogen-bond acceptors (Lipinski definition) is 7. The number of hydrogen-bond donors (Lipinski definition) is 0. The van der Waals surface area contributed by atoms with Gasteiger partial charge in [-0.15, -0.1) is 0 Å². The van der Waals surface area contributed by atoms with Gasteiger partial charge < -0.3 is 19.1 Å². The molecule has 8 heteroatoms. The van der Waals surface area contributed by atoms with Crippen molar-refractivity contribution < 1.29 is 33.4 Å². The number of ether oxygens (including phenoxy) is 3. The summed E-state index contributed by atoms with van der Waals surface area (Å²) < 4.78 is 16.2. The highest BCUT2D eigenvalue weighted by atomic mass is 16.5. The molecule has 2 atom stereocenters. The van der Waals surface area contributed by atoms with E-state index in [1.54, 1.807) is 4.90 Å². The molecular formula is C31H55NO7. The summed E-state index contributed by atoms with van der Waals surface area (Å²) in [6.45, 7) is 8.75. The molecule has 0 spiro atoms. The second kappa shape index (κ2) is 21.7. The predicted molar refractivity (Wildman–Crippen MR) is 152 cm³/mol. The molecule has 1 rings (SSSR count). The first-order valence-electron chi connectivity index (χ1n) is 15.6. The Balaban J connectivity index is 2.49. The van der Waals surface area contributed by atoms with Gasteiger partial charge in [-0.3, -0.25) is 19.2 Å². The molecule has 39 heavy (non-hydrogen) atoms. The van der Waals surface area contributed by atoms with E-state index in [9.17, 15) is 19.2 Å². The van der Waals surface area contributed by atoms with Crippen molar-refractivity contribution in [1.82, 2.24) is 4.90 Å². The van der Waals surface area contributed by atoms with Crippen LogP contribution in [0.2, 0.25) is 0 Å². The minimum Gasteiger partial charge on any atom is -0.466 e. The normalized spacial score (nSPS) is 16.6. The number of amides is 1. The number of esters is 3. The van der Waals surface area contributed by atoms with Crippen molar-refractivity contribution in [2.75, 3.05) is 19.8 Å². The largest absolute Gasteiger partial charge is 0.466 e. The first-order valence-corrected chi connectivity index (χ1v) is 15.6. The maximum Gasteiger partial charge on any atom is 0.306 e. The van der Waals surface area contributed by atoms with Gasteiger partial charge in [-0.05, 0) is 31.6 Å². The van der Waals surface area contributed by atoms with Gasteiger partial charge >= 0.3 is 17.9 Å². The predicted octanol–water partition coefficient (Wildman–Crippen LogP) is 6.52. The standard InChI is InChI=1S/C31H55NO7/c1-5-8-10-12-14-16-18-37-29(34)20-26(21-30(35)38-19-17-15-13-11-9-6-2)22-31(36)39-24-28-23-27(7-3)32(28)25(4)33/h26-28H,5-24H2,1-4H3. The lowest BCUT2D eigenvalue weighted by atomic mass is 9.91. The maximum atomic E-state index is 12.6. The summed E-state index contributed by atoms with van der Waals surface area (Å²) in [6.07, 6.45) is 14.7. The molecule has 0 radical (unpaired) electrons. The molecule has 0 N–H and O–H groups in total. The van der Waals surface area contributed by atoms with Crippen molar-refractivity contribution in [2.45, 2.75) is 149 Å². The summed E-state index contributed by atoms with van der Waals surface area (Å²) in [5.41, 5.74) is 0. The van der Waals surface area contributed by atoms with Crippen LogP contribution < -0.4 is 0 Å². The zero-order valence-electron chi connectivity index (χ0n) is 25.2. The van der Waals surface area contributed by atoms with Gasteiger partial charge in [0.05, 0.1) is 19.3 Å². The van der Waals surface area contributed by atoms with Gasteiger partial charge in [0.2, 0.25) is 5.91 Å². The Morgan fingerprint density at radius 3 is 1.51 bits per heavy atom. The van der Waals surface area contributed by atoms with Crippen LogP contribution in [0.4, 0.5) is 0 Å². The van der Waals surface area contributed by atoms with E-state index in [2.05, 4.69) is 13.8 Å². The zero-order chi connectivity index (χ0) is 28.9. The van der Waals surface area contributed by atoms with E-state index in [0.29, 0.717) is 13.2 Å². The molecule has 1 aliphatic heterocycles. The third-order valence-electron chi connectivity index (χ3n) is 7.49. The Hall–Kier alpha value is -2.12.